The third-order valence-corrected chi connectivity index (χ3v) is 11.5. The number of aliphatic hydroxyl groups excluding tert-OH is 1. The van der Waals surface area contributed by atoms with Gasteiger partial charge in [0.1, 0.15) is 12.0 Å². The van der Waals surface area contributed by atoms with Gasteiger partial charge < -0.3 is 19.5 Å². The summed E-state index contributed by atoms with van der Waals surface area (Å²) in [6.45, 7) is 1.07. The van der Waals surface area contributed by atoms with Crippen LogP contribution in [0.25, 0.3) is 0 Å². The summed E-state index contributed by atoms with van der Waals surface area (Å²) < 4.78 is 28.1. The molecule has 0 aliphatic heterocycles. The fourth-order valence-corrected chi connectivity index (χ4v) is 7.92. The summed E-state index contributed by atoms with van der Waals surface area (Å²) in [7, 11) is 0. The van der Waals surface area contributed by atoms with Crippen LogP contribution in [0.4, 0.5) is 0 Å². The monoisotopic (exact) mass is 731 g/mol. The van der Waals surface area contributed by atoms with E-state index >= 15 is 0 Å². The van der Waals surface area contributed by atoms with E-state index in [2.05, 4.69) is 13.8 Å². The van der Waals surface area contributed by atoms with E-state index in [0.29, 0.717) is 17.8 Å². The van der Waals surface area contributed by atoms with E-state index in [1.807, 2.05) is 0 Å². The summed E-state index contributed by atoms with van der Waals surface area (Å²) in [5, 5.41) is 9.44. The summed E-state index contributed by atoms with van der Waals surface area (Å²) in [4.78, 5) is 34.8. The topological polar surface area (TPSA) is 119 Å². The van der Waals surface area contributed by atoms with E-state index in [-0.39, 0.29) is 55.0 Å². The maximum atomic E-state index is 12.5. The van der Waals surface area contributed by atoms with Gasteiger partial charge in [0, 0.05) is 42.4 Å². The Balaban J connectivity index is 0. The average Bonchev–Trinajstić information content (AvgIpc) is 3.02. The van der Waals surface area contributed by atoms with Crippen LogP contribution in [-0.2, 0) is 28.2 Å². The van der Waals surface area contributed by atoms with Crippen LogP contribution >= 0.6 is 18.2 Å². The SMILES string of the molecule is CCCCCCCCCCCCCCCC(=O)OC[C@H](COP(=O)(O)SC(C)O)OC(=O)CCCCCCCCCCCCCCC.[Na]. The molecule has 0 aliphatic rings. The van der Waals surface area contributed by atoms with E-state index in [1.165, 1.54) is 135 Å². The van der Waals surface area contributed by atoms with Gasteiger partial charge in [-0.25, -0.2) is 4.57 Å². The quantitative estimate of drug-likeness (QED) is 0.0213. The van der Waals surface area contributed by atoms with Crippen LogP contribution in [0.3, 0.4) is 0 Å². The smallest absolute Gasteiger partial charge is 0.389 e. The van der Waals surface area contributed by atoms with Crippen LogP contribution in [0, 0.1) is 0 Å². The summed E-state index contributed by atoms with van der Waals surface area (Å²) in [5.41, 5.74) is -1.10. The van der Waals surface area contributed by atoms with Crippen LogP contribution < -0.4 is 0 Å². The molecule has 48 heavy (non-hydrogen) atoms. The van der Waals surface area contributed by atoms with Crippen molar-refractivity contribution in [3.63, 3.8) is 0 Å². The van der Waals surface area contributed by atoms with Crippen LogP contribution in [0.1, 0.15) is 201 Å². The zero-order chi connectivity index (χ0) is 34.9. The van der Waals surface area contributed by atoms with E-state index in [1.54, 1.807) is 0 Å². The number of carbonyl (C=O) groups is 2. The molecule has 0 aromatic carbocycles. The first-order chi connectivity index (χ1) is 22.7. The molecule has 0 aromatic heterocycles. The van der Waals surface area contributed by atoms with Crippen LogP contribution in [0.5, 0.6) is 0 Å². The van der Waals surface area contributed by atoms with Crippen molar-refractivity contribution < 1.29 is 38.2 Å². The van der Waals surface area contributed by atoms with Gasteiger partial charge in [0.2, 0.25) is 0 Å². The molecule has 0 heterocycles. The van der Waals surface area contributed by atoms with Gasteiger partial charge in [-0.3, -0.25) is 14.1 Å². The van der Waals surface area contributed by atoms with Gasteiger partial charge in [-0.2, -0.15) is 0 Å². The second-order valence-corrected chi connectivity index (χ2v) is 17.4. The summed E-state index contributed by atoms with van der Waals surface area (Å²) in [5.74, 6) is -0.818. The summed E-state index contributed by atoms with van der Waals surface area (Å²) in [6.07, 6.45) is 31.2. The van der Waals surface area contributed by atoms with Gasteiger partial charge in [-0.05, 0) is 31.1 Å². The van der Waals surface area contributed by atoms with Gasteiger partial charge in [-0.1, -0.05) is 168 Å². The normalized spacial score (nSPS) is 13.8. The van der Waals surface area contributed by atoms with Crippen molar-refractivity contribution >= 4 is 59.7 Å². The molecule has 3 atom stereocenters. The molecule has 281 valence electrons. The minimum absolute atomic E-state index is 0. The summed E-state index contributed by atoms with van der Waals surface area (Å²) in [6, 6.07) is 0. The largest absolute Gasteiger partial charge is 0.462 e. The predicted octanol–water partition coefficient (Wildman–Crippen LogP) is 11.2. The molecule has 2 unspecified atom stereocenters. The van der Waals surface area contributed by atoms with E-state index in [9.17, 15) is 24.2 Å². The minimum Gasteiger partial charge on any atom is -0.462 e. The Morgan fingerprint density at radius 1 is 0.583 bits per heavy atom. The van der Waals surface area contributed by atoms with E-state index in [4.69, 9.17) is 14.0 Å². The van der Waals surface area contributed by atoms with Gasteiger partial charge in [0.15, 0.2) is 6.10 Å². The maximum Gasteiger partial charge on any atom is 0.389 e. The second-order valence-electron chi connectivity index (χ2n) is 13.2. The average molecular weight is 732 g/mol. The first-order valence-corrected chi connectivity index (χ1v) is 22.4. The molecule has 0 saturated carbocycles. The second kappa shape index (κ2) is 37.2. The molecule has 8 nitrogen and oxygen atoms in total. The van der Waals surface area contributed by atoms with Crippen molar-refractivity contribution in [1.29, 1.82) is 0 Å². The van der Waals surface area contributed by atoms with Crippen LogP contribution in [0.15, 0.2) is 0 Å². The van der Waals surface area contributed by atoms with Crippen LogP contribution in [-0.4, -0.2) is 76.2 Å². The number of esters is 2. The molecule has 0 bridgehead atoms. The number of aliphatic hydroxyl groups is 1. The molecule has 0 saturated heterocycles. The minimum atomic E-state index is -4.15. The molecular formula is C37H73NaO8PS. The number of hydrogen-bond donors (Lipinski definition) is 2. The first kappa shape index (κ1) is 50.5. The van der Waals surface area contributed by atoms with Crippen molar-refractivity contribution in [2.24, 2.45) is 0 Å². The summed E-state index contributed by atoms with van der Waals surface area (Å²) >= 11 is 0.395. The molecule has 2 N–H and O–H groups in total. The van der Waals surface area contributed by atoms with Crippen molar-refractivity contribution in [1.82, 2.24) is 0 Å². The molecule has 0 rings (SSSR count). The maximum absolute atomic E-state index is 12.5. The Labute approximate surface area is 321 Å². The van der Waals surface area contributed by atoms with E-state index in [0.717, 1.165) is 32.1 Å². The third-order valence-electron chi connectivity index (χ3n) is 8.41. The molecule has 11 heteroatoms. The molecule has 0 aliphatic carbocycles. The van der Waals surface area contributed by atoms with E-state index < -0.39 is 30.9 Å². The Hall–Kier alpha value is 0.400. The van der Waals surface area contributed by atoms with Gasteiger partial charge in [0.25, 0.3) is 0 Å². The molecule has 1 radical (unpaired) electrons. The van der Waals surface area contributed by atoms with Gasteiger partial charge >= 0.3 is 18.7 Å². The number of ether oxygens (including phenoxy) is 2. The molecule has 0 spiro atoms. The fraction of sp³-hybridized carbons (Fsp3) is 0.946. The van der Waals surface area contributed by atoms with Crippen molar-refractivity contribution in [3.8, 4) is 0 Å². The number of unbranched alkanes of at least 4 members (excludes halogenated alkanes) is 24. The fourth-order valence-electron chi connectivity index (χ4n) is 5.59. The number of carbonyl (C=O) groups excluding carboxylic acids is 2. The molecule has 0 fully saturated rings. The van der Waals surface area contributed by atoms with Gasteiger partial charge in [-0.15, -0.1) is 0 Å². The Kier molecular flexibility index (Phi) is 39.1. The van der Waals surface area contributed by atoms with Crippen LogP contribution in [0.2, 0.25) is 0 Å². The molecular weight excluding hydrogens is 658 g/mol. The molecule has 0 amide bonds. The Bertz CT molecular complexity index is 774. The van der Waals surface area contributed by atoms with Gasteiger partial charge in [0.05, 0.1) is 6.61 Å². The first-order valence-electron chi connectivity index (χ1n) is 19.4. The zero-order valence-electron chi connectivity index (χ0n) is 31.6. The predicted molar refractivity (Wildman–Crippen MR) is 202 cm³/mol. The van der Waals surface area contributed by atoms with Crippen molar-refractivity contribution in [2.75, 3.05) is 13.2 Å². The van der Waals surface area contributed by atoms with Crippen molar-refractivity contribution in [3.05, 3.63) is 0 Å². The third kappa shape index (κ3) is 37.7. The molecule has 0 aromatic rings. The number of rotatable bonds is 36. The zero-order valence-corrected chi connectivity index (χ0v) is 35.3. The number of hydrogen-bond acceptors (Lipinski definition) is 8. The van der Waals surface area contributed by atoms with Crippen molar-refractivity contribution in [2.45, 2.75) is 212 Å². The Morgan fingerprint density at radius 2 is 0.917 bits per heavy atom. The Morgan fingerprint density at radius 3 is 1.27 bits per heavy atom. The standard InChI is InChI=1S/C37H73O8PS.Na/c1-4-6-8-10-12-14-16-18-20-22-24-26-28-30-36(39)43-32-35(33-44-46(41,42)47-34(3)38)45-37(40)31-29-27-25-23-21-19-17-15-13-11-9-7-5-2;/h34-35,38H,4-33H2,1-3H3,(H,41,42);/t34?,35-;/m1./s1.